The Bertz CT molecular complexity index is 1180. The van der Waals surface area contributed by atoms with Gasteiger partial charge in [0.05, 0.1) is 40.1 Å². The number of carbonyl (C=O) groups excluding carboxylic acids is 1. The average molecular weight is 532 g/mol. The number of benzene rings is 2. The highest BCUT2D eigenvalue weighted by molar-refractivity contribution is 7.89. The van der Waals surface area contributed by atoms with E-state index in [0.29, 0.717) is 38.1 Å². The maximum absolute atomic E-state index is 13.2. The van der Waals surface area contributed by atoms with E-state index in [1.54, 1.807) is 0 Å². The number of amides is 1. The third-order valence-corrected chi connectivity index (χ3v) is 8.44. The molecule has 0 radical (unpaired) electrons. The largest absolute Gasteiger partial charge is 0.417 e. The highest BCUT2D eigenvalue weighted by Crippen LogP contribution is 2.37. The molecule has 2 aliphatic heterocycles. The highest BCUT2D eigenvalue weighted by Gasteiger charge is 2.37. The molecule has 0 aromatic heterocycles. The second-order valence-electron chi connectivity index (χ2n) is 8.42. The zero-order valence-corrected chi connectivity index (χ0v) is 20.3. The lowest BCUT2D eigenvalue weighted by Gasteiger charge is -2.32. The number of hydrogen-bond donors (Lipinski definition) is 1. The first-order chi connectivity index (χ1) is 16.6. The van der Waals surface area contributed by atoms with E-state index < -0.39 is 37.6 Å². The maximum atomic E-state index is 13.2. The number of nitrogens with one attached hydrogen (secondary N) is 1. The molecule has 0 aliphatic carbocycles. The van der Waals surface area contributed by atoms with Crippen LogP contribution in [0.2, 0.25) is 5.02 Å². The van der Waals surface area contributed by atoms with Crippen molar-refractivity contribution in [3.8, 4) is 0 Å². The molecule has 0 spiro atoms. The molecule has 0 bridgehead atoms. The minimum atomic E-state index is -4.77. The molecule has 2 aromatic carbocycles. The molecule has 2 saturated heterocycles. The predicted molar refractivity (Wildman–Crippen MR) is 126 cm³/mol. The third-order valence-electron chi connectivity index (χ3n) is 6.22. The van der Waals surface area contributed by atoms with E-state index in [4.69, 9.17) is 16.3 Å². The number of halogens is 4. The van der Waals surface area contributed by atoms with Gasteiger partial charge >= 0.3 is 6.18 Å². The third kappa shape index (κ3) is 5.74. The second kappa shape index (κ2) is 10.3. The quantitative estimate of drug-likeness (QED) is 0.624. The van der Waals surface area contributed by atoms with Crippen molar-refractivity contribution in [1.82, 2.24) is 4.31 Å². The molecule has 2 fully saturated rings. The summed E-state index contributed by atoms with van der Waals surface area (Å²) < 4.78 is 72.0. The maximum Gasteiger partial charge on any atom is 0.417 e. The first-order valence-corrected chi connectivity index (χ1v) is 13.0. The number of piperidine rings is 1. The Morgan fingerprint density at radius 1 is 1.03 bits per heavy atom. The van der Waals surface area contributed by atoms with Gasteiger partial charge < -0.3 is 15.0 Å². The summed E-state index contributed by atoms with van der Waals surface area (Å²) in [5.74, 6) is -0.635. The van der Waals surface area contributed by atoms with E-state index >= 15 is 0 Å². The molecule has 1 amide bonds. The van der Waals surface area contributed by atoms with Gasteiger partial charge in [-0.25, -0.2) is 8.42 Å². The van der Waals surface area contributed by atoms with Crippen LogP contribution in [-0.2, 0) is 25.7 Å². The molecular formula is C23H25ClF3N3O4S. The van der Waals surface area contributed by atoms with Crippen molar-refractivity contribution >= 4 is 38.9 Å². The fourth-order valence-corrected chi connectivity index (χ4v) is 6.00. The molecule has 0 atom stereocenters. The van der Waals surface area contributed by atoms with Crippen LogP contribution in [0.1, 0.15) is 18.4 Å². The van der Waals surface area contributed by atoms with Gasteiger partial charge in [-0.2, -0.15) is 17.5 Å². The van der Waals surface area contributed by atoms with Crippen LogP contribution in [0.15, 0.2) is 47.4 Å². The van der Waals surface area contributed by atoms with Crippen molar-refractivity contribution < 1.29 is 31.1 Å². The predicted octanol–water partition coefficient (Wildman–Crippen LogP) is 4.23. The molecule has 2 heterocycles. The van der Waals surface area contributed by atoms with Crippen molar-refractivity contribution in [3.05, 3.63) is 53.1 Å². The van der Waals surface area contributed by atoms with E-state index in [1.807, 2.05) is 24.3 Å². The van der Waals surface area contributed by atoms with Crippen molar-refractivity contribution in [1.29, 1.82) is 0 Å². The number of nitrogens with zero attached hydrogens (tertiary/aromatic N) is 2. The molecule has 0 unspecified atom stereocenters. The molecular weight excluding hydrogens is 507 g/mol. The van der Waals surface area contributed by atoms with Crippen LogP contribution < -0.4 is 10.2 Å². The number of ether oxygens (including phenoxy) is 1. The Kier molecular flexibility index (Phi) is 7.60. The van der Waals surface area contributed by atoms with Gasteiger partial charge in [-0.05, 0) is 43.2 Å². The zero-order chi connectivity index (χ0) is 25.2. The summed E-state index contributed by atoms with van der Waals surface area (Å²) in [6, 6.07) is 10.0. The monoisotopic (exact) mass is 531 g/mol. The summed E-state index contributed by atoms with van der Waals surface area (Å²) in [6.45, 7) is 2.68. The number of alkyl halides is 3. The molecule has 2 aromatic rings. The summed E-state index contributed by atoms with van der Waals surface area (Å²) >= 11 is 5.62. The number of hydrogen-bond acceptors (Lipinski definition) is 5. The van der Waals surface area contributed by atoms with Gasteiger partial charge in [0.2, 0.25) is 15.9 Å². The molecule has 4 rings (SSSR count). The minimum absolute atomic E-state index is 0.0233. The summed E-state index contributed by atoms with van der Waals surface area (Å²) in [5, 5.41) is 2.40. The van der Waals surface area contributed by atoms with Gasteiger partial charge in [0.25, 0.3) is 0 Å². The Morgan fingerprint density at radius 3 is 2.34 bits per heavy atom. The smallest absolute Gasteiger partial charge is 0.378 e. The number of anilines is 2. The van der Waals surface area contributed by atoms with Crippen molar-refractivity contribution in [2.75, 3.05) is 49.6 Å². The van der Waals surface area contributed by atoms with Crippen molar-refractivity contribution in [2.24, 2.45) is 5.92 Å². The van der Waals surface area contributed by atoms with Crippen LogP contribution in [0.5, 0.6) is 0 Å². The number of morpholine rings is 1. The van der Waals surface area contributed by atoms with E-state index in [0.717, 1.165) is 22.1 Å². The first kappa shape index (κ1) is 25.7. The van der Waals surface area contributed by atoms with Crippen LogP contribution in [-0.4, -0.2) is 58.0 Å². The molecule has 0 saturated carbocycles. The second-order valence-corrected chi connectivity index (χ2v) is 10.8. The Hall–Kier alpha value is -2.34. The number of rotatable bonds is 5. The van der Waals surface area contributed by atoms with Crippen molar-refractivity contribution in [2.45, 2.75) is 23.9 Å². The van der Waals surface area contributed by atoms with Gasteiger partial charge in [0.1, 0.15) is 0 Å². The van der Waals surface area contributed by atoms with Gasteiger partial charge in [-0.15, -0.1) is 0 Å². The van der Waals surface area contributed by atoms with Gasteiger partial charge in [0, 0.05) is 32.1 Å². The van der Waals surface area contributed by atoms with E-state index in [-0.39, 0.29) is 31.8 Å². The molecule has 2 aliphatic rings. The fourth-order valence-electron chi connectivity index (χ4n) is 4.28. The van der Waals surface area contributed by atoms with Gasteiger partial charge in [0.15, 0.2) is 0 Å². The van der Waals surface area contributed by atoms with E-state index in [2.05, 4.69) is 10.2 Å². The van der Waals surface area contributed by atoms with E-state index in [1.165, 1.54) is 0 Å². The lowest BCUT2D eigenvalue weighted by Crippen LogP contribution is -2.41. The normalized spacial score (nSPS) is 18.5. The van der Waals surface area contributed by atoms with Gasteiger partial charge in [-0.3, -0.25) is 4.79 Å². The summed E-state index contributed by atoms with van der Waals surface area (Å²) in [5.41, 5.74) is 0.371. The zero-order valence-electron chi connectivity index (χ0n) is 18.7. The minimum Gasteiger partial charge on any atom is -0.378 e. The van der Waals surface area contributed by atoms with Crippen LogP contribution in [0, 0.1) is 5.92 Å². The van der Waals surface area contributed by atoms with Crippen LogP contribution >= 0.6 is 11.6 Å². The number of sulfonamides is 1. The van der Waals surface area contributed by atoms with Crippen LogP contribution in [0.3, 0.4) is 0 Å². The Morgan fingerprint density at radius 2 is 1.69 bits per heavy atom. The Labute approximate surface area is 206 Å². The summed E-state index contributed by atoms with van der Waals surface area (Å²) in [7, 11) is -4.17. The van der Waals surface area contributed by atoms with E-state index in [9.17, 15) is 26.4 Å². The molecule has 1 N–H and O–H groups in total. The molecule has 190 valence electrons. The molecule has 35 heavy (non-hydrogen) atoms. The molecule has 7 nitrogen and oxygen atoms in total. The number of para-hydroxylation sites is 2. The lowest BCUT2D eigenvalue weighted by molar-refractivity contribution is -0.137. The average Bonchev–Trinajstić information content (AvgIpc) is 2.84. The number of carbonyl (C=O) groups is 1. The Balaban J connectivity index is 1.42. The van der Waals surface area contributed by atoms with Crippen LogP contribution in [0.25, 0.3) is 0 Å². The van der Waals surface area contributed by atoms with Crippen LogP contribution in [0.4, 0.5) is 24.5 Å². The summed E-state index contributed by atoms with van der Waals surface area (Å²) in [6.07, 6.45) is -4.26. The van der Waals surface area contributed by atoms with Crippen molar-refractivity contribution in [3.63, 3.8) is 0 Å². The standard InChI is InChI=1S/C23H25ClF3N3O4S/c24-19-6-5-17(15-18(19)23(25,26)27)35(32,33)30-9-7-16(8-10-30)22(31)28-20-3-1-2-4-21(20)29-11-13-34-14-12-29/h1-6,15-16H,7-14H2,(H,28,31). The lowest BCUT2D eigenvalue weighted by atomic mass is 9.97. The SMILES string of the molecule is O=C(Nc1ccccc1N1CCOCC1)C1CCN(S(=O)(=O)c2ccc(Cl)c(C(F)(F)F)c2)CC1. The topological polar surface area (TPSA) is 79.0 Å². The highest BCUT2D eigenvalue weighted by atomic mass is 35.5. The fraction of sp³-hybridized carbons (Fsp3) is 0.435. The summed E-state index contributed by atoms with van der Waals surface area (Å²) in [4.78, 5) is 14.6. The van der Waals surface area contributed by atoms with Gasteiger partial charge in [-0.1, -0.05) is 23.7 Å². The first-order valence-electron chi connectivity index (χ1n) is 11.2. The molecule has 12 heteroatoms.